The quantitative estimate of drug-likeness (QED) is 0.585. The summed E-state index contributed by atoms with van der Waals surface area (Å²) in [6.07, 6.45) is 3.96. The van der Waals surface area contributed by atoms with E-state index in [0.717, 1.165) is 43.6 Å². The molecule has 2 aromatic heterocycles. The van der Waals surface area contributed by atoms with Gasteiger partial charge in [0.05, 0.1) is 25.7 Å². The summed E-state index contributed by atoms with van der Waals surface area (Å²) >= 11 is 1.33. The van der Waals surface area contributed by atoms with Crippen LogP contribution in [0.5, 0.6) is 0 Å². The van der Waals surface area contributed by atoms with E-state index in [9.17, 15) is 4.79 Å². The molecule has 0 amide bonds. The largest absolute Gasteiger partial charge is 0.468 e. The molecule has 0 unspecified atom stereocenters. The number of methoxy groups -OCH3 is 1. The van der Waals surface area contributed by atoms with E-state index in [2.05, 4.69) is 22.0 Å². The average Bonchev–Trinajstić information content (AvgIpc) is 3.24. The van der Waals surface area contributed by atoms with Crippen molar-refractivity contribution in [3.8, 4) is 0 Å². The maximum absolute atomic E-state index is 11.4. The van der Waals surface area contributed by atoms with Crippen LogP contribution in [-0.4, -0.2) is 46.7 Å². The number of hydrogen-bond donors (Lipinski definition) is 0. The van der Waals surface area contributed by atoms with E-state index < -0.39 is 0 Å². The van der Waals surface area contributed by atoms with Gasteiger partial charge < -0.3 is 14.1 Å². The van der Waals surface area contributed by atoms with Gasteiger partial charge in [-0.25, -0.2) is 0 Å². The number of carbonyl (C=O) groups is 1. The minimum absolute atomic E-state index is 0.212. The van der Waals surface area contributed by atoms with Crippen molar-refractivity contribution in [2.45, 2.75) is 31.5 Å². The summed E-state index contributed by atoms with van der Waals surface area (Å²) in [5.74, 6) is 2.35. The summed E-state index contributed by atoms with van der Waals surface area (Å²) in [7, 11) is 1.39. The van der Waals surface area contributed by atoms with Gasteiger partial charge in [-0.1, -0.05) is 18.7 Å². The highest BCUT2D eigenvalue weighted by Crippen LogP contribution is 2.27. The fourth-order valence-corrected chi connectivity index (χ4v) is 3.47. The van der Waals surface area contributed by atoms with Crippen LogP contribution in [0.1, 0.15) is 25.5 Å². The molecule has 0 bridgehead atoms. The molecule has 1 aliphatic heterocycles. The van der Waals surface area contributed by atoms with Crippen LogP contribution in [-0.2, 0) is 16.1 Å². The second-order valence-electron chi connectivity index (χ2n) is 5.98. The zero-order valence-corrected chi connectivity index (χ0v) is 14.8. The van der Waals surface area contributed by atoms with Gasteiger partial charge >= 0.3 is 5.97 Å². The predicted octanol–water partition coefficient (Wildman–Crippen LogP) is 2.42. The molecule has 1 aliphatic rings. The van der Waals surface area contributed by atoms with Gasteiger partial charge in [0, 0.05) is 13.1 Å². The summed E-state index contributed by atoms with van der Waals surface area (Å²) in [6.45, 7) is 4.77. The van der Waals surface area contributed by atoms with Crippen molar-refractivity contribution in [2.24, 2.45) is 5.92 Å². The van der Waals surface area contributed by atoms with Crippen molar-refractivity contribution in [1.29, 1.82) is 0 Å². The van der Waals surface area contributed by atoms with Crippen molar-refractivity contribution < 1.29 is 13.9 Å². The third kappa shape index (κ3) is 3.92. The van der Waals surface area contributed by atoms with E-state index in [-0.39, 0.29) is 11.7 Å². The maximum atomic E-state index is 11.4. The van der Waals surface area contributed by atoms with Crippen LogP contribution in [0.4, 0.5) is 5.95 Å². The van der Waals surface area contributed by atoms with Crippen LogP contribution in [0, 0.1) is 5.92 Å². The first-order chi connectivity index (χ1) is 11.7. The van der Waals surface area contributed by atoms with Crippen molar-refractivity contribution >= 4 is 23.7 Å². The number of ether oxygens (including phenoxy) is 1. The molecule has 0 spiro atoms. The van der Waals surface area contributed by atoms with Gasteiger partial charge in [0.25, 0.3) is 0 Å². The third-order valence-corrected chi connectivity index (χ3v) is 5.14. The standard InChI is InChI=1S/C16H22N4O3S/c1-12-5-7-19(8-6-12)15-17-18-16(24-11-14(21)22-2)20(15)10-13-4-3-9-23-13/h3-4,9,12H,5-8,10-11H2,1-2H3. The lowest BCUT2D eigenvalue weighted by Gasteiger charge is -2.31. The lowest BCUT2D eigenvalue weighted by atomic mass is 10.00. The van der Waals surface area contributed by atoms with E-state index in [1.54, 1.807) is 6.26 Å². The van der Waals surface area contributed by atoms with Crippen LogP contribution in [0.25, 0.3) is 0 Å². The van der Waals surface area contributed by atoms with E-state index in [1.165, 1.54) is 18.9 Å². The molecular weight excluding hydrogens is 328 g/mol. The van der Waals surface area contributed by atoms with Gasteiger partial charge in [-0.2, -0.15) is 0 Å². The number of carbonyl (C=O) groups excluding carboxylic acids is 1. The monoisotopic (exact) mass is 350 g/mol. The first kappa shape index (κ1) is 16.9. The molecule has 0 saturated carbocycles. The Morgan fingerprint density at radius 3 is 2.88 bits per heavy atom. The number of thioether (sulfide) groups is 1. The normalized spacial score (nSPS) is 15.7. The molecule has 3 rings (SSSR count). The number of piperidine rings is 1. The summed E-state index contributed by atoms with van der Waals surface area (Å²) in [6, 6.07) is 3.79. The summed E-state index contributed by atoms with van der Waals surface area (Å²) in [5, 5.41) is 9.35. The zero-order valence-electron chi connectivity index (χ0n) is 14.0. The molecule has 8 heteroatoms. The van der Waals surface area contributed by atoms with Crippen LogP contribution in [0.15, 0.2) is 28.0 Å². The van der Waals surface area contributed by atoms with Crippen molar-refractivity contribution in [1.82, 2.24) is 14.8 Å². The Morgan fingerprint density at radius 2 is 2.21 bits per heavy atom. The van der Waals surface area contributed by atoms with E-state index in [1.807, 2.05) is 16.7 Å². The van der Waals surface area contributed by atoms with Gasteiger partial charge in [-0.3, -0.25) is 9.36 Å². The summed E-state index contributed by atoms with van der Waals surface area (Å²) < 4.78 is 12.2. The van der Waals surface area contributed by atoms with Gasteiger partial charge in [0.1, 0.15) is 5.76 Å². The highest BCUT2D eigenvalue weighted by atomic mass is 32.2. The van der Waals surface area contributed by atoms with Gasteiger partial charge in [0.15, 0.2) is 5.16 Å². The smallest absolute Gasteiger partial charge is 0.316 e. The molecule has 0 aliphatic carbocycles. The van der Waals surface area contributed by atoms with E-state index in [4.69, 9.17) is 9.15 Å². The first-order valence-electron chi connectivity index (χ1n) is 8.07. The molecule has 7 nitrogen and oxygen atoms in total. The molecule has 2 aromatic rings. The molecule has 0 atom stereocenters. The van der Waals surface area contributed by atoms with Crippen LogP contribution in [0.2, 0.25) is 0 Å². The maximum Gasteiger partial charge on any atom is 0.316 e. The number of anilines is 1. The Balaban J connectivity index is 1.81. The number of nitrogens with zero attached hydrogens (tertiary/aromatic N) is 4. The number of aromatic nitrogens is 3. The SMILES string of the molecule is COC(=O)CSc1nnc(N2CCC(C)CC2)n1Cc1ccco1. The van der Waals surface area contributed by atoms with Gasteiger partial charge in [0.2, 0.25) is 5.95 Å². The molecule has 130 valence electrons. The minimum atomic E-state index is -0.277. The number of furan rings is 1. The topological polar surface area (TPSA) is 73.4 Å². The van der Waals surface area contributed by atoms with Crippen LogP contribution < -0.4 is 4.90 Å². The molecule has 0 aromatic carbocycles. The Hall–Kier alpha value is -1.96. The fraction of sp³-hybridized carbons (Fsp3) is 0.562. The lowest BCUT2D eigenvalue weighted by Crippen LogP contribution is -2.35. The second-order valence-corrected chi connectivity index (χ2v) is 6.92. The number of rotatable bonds is 6. The highest BCUT2D eigenvalue weighted by Gasteiger charge is 2.23. The predicted molar refractivity (Wildman–Crippen MR) is 91.2 cm³/mol. The highest BCUT2D eigenvalue weighted by molar-refractivity contribution is 7.99. The Bertz CT molecular complexity index is 663. The van der Waals surface area contributed by atoms with E-state index >= 15 is 0 Å². The third-order valence-electron chi connectivity index (χ3n) is 4.20. The first-order valence-corrected chi connectivity index (χ1v) is 9.06. The van der Waals surface area contributed by atoms with Crippen LogP contribution >= 0.6 is 11.8 Å². The van der Waals surface area contributed by atoms with Crippen molar-refractivity contribution in [2.75, 3.05) is 30.9 Å². The molecule has 1 fully saturated rings. The summed E-state index contributed by atoms with van der Waals surface area (Å²) in [4.78, 5) is 13.7. The fourth-order valence-electron chi connectivity index (χ4n) is 2.71. The Morgan fingerprint density at radius 1 is 1.42 bits per heavy atom. The number of esters is 1. The van der Waals surface area contributed by atoms with Crippen LogP contribution in [0.3, 0.4) is 0 Å². The number of hydrogen-bond acceptors (Lipinski definition) is 7. The minimum Gasteiger partial charge on any atom is -0.468 e. The zero-order chi connectivity index (χ0) is 16.9. The molecule has 3 heterocycles. The molecule has 0 radical (unpaired) electrons. The second kappa shape index (κ2) is 7.74. The summed E-state index contributed by atoms with van der Waals surface area (Å²) in [5.41, 5.74) is 0. The average molecular weight is 350 g/mol. The molecule has 0 N–H and O–H groups in total. The Labute approximate surface area is 145 Å². The Kier molecular flexibility index (Phi) is 5.44. The van der Waals surface area contributed by atoms with Gasteiger partial charge in [-0.05, 0) is 30.9 Å². The van der Waals surface area contributed by atoms with Crippen molar-refractivity contribution in [3.63, 3.8) is 0 Å². The van der Waals surface area contributed by atoms with E-state index in [0.29, 0.717) is 11.7 Å². The molecule has 1 saturated heterocycles. The molecular formula is C16H22N4O3S. The van der Waals surface area contributed by atoms with Crippen molar-refractivity contribution in [3.05, 3.63) is 24.2 Å². The lowest BCUT2D eigenvalue weighted by molar-refractivity contribution is -0.137. The molecule has 24 heavy (non-hydrogen) atoms. The van der Waals surface area contributed by atoms with Gasteiger partial charge in [-0.15, -0.1) is 10.2 Å².